The molecule has 0 bridgehead atoms. The van der Waals surface area contributed by atoms with Gasteiger partial charge in [-0.3, -0.25) is 4.79 Å². The predicted octanol–water partition coefficient (Wildman–Crippen LogP) is 1.88. The number of ether oxygens (including phenoxy) is 1. The summed E-state index contributed by atoms with van der Waals surface area (Å²) in [5.41, 5.74) is -1.39. The van der Waals surface area contributed by atoms with Gasteiger partial charge in [0.1, 0.15) is 5.60 Å². The molecule has 4 heteroatoms. The number of hydrogen-bond acceptors (Lipinski definition) is 4. The van der Waals surface area contributed by atoms with Crippen LogP contribution in [0.1, 0.15) is 40.0 Å². The van der Waals surface area contributed by atoms with E-state index in [0.29, 0.717) is 18.3 Å². The molecule has 0 aromatic rings. The highest BCUT2D eigenvalue weighted by atomic mass is 16.6. The van der Waals surface area contributed by atoms with Crippen LogP contribution in [0.3, 0.4) is 0 Å². The molecule has 1 aliphatic carbocycles. The molecule has 0 unspecified atom stereocenters. The van der Waals surface area contributed by atoms with E-state index in [1.54, 1.807) is 0 Å². The SMILES string of the molecule is CC(C)[C@@H]1C[C@@H](C#N)[C@]2(C)CC(=O)O[C@]2(CO)C1. The number of nitriles is 1. The van der Waals surface area contributed by atoms with Crippen LogP contribution >= 0.6 is 0 Å². The Balaban J connectivity index is 2.42. The summed E-state index contributed by atoms with van der Waals surface area (Å²) in [5, 5.41) is 19.2. The Bertz CT molecular complexity index is 400. The number of nitrogens with zero attached hydrogens (tertiary/aromatic N) is 1. The molecule has 0 aromatic carbocycles. The van der Waals surface area contributed by atoms with Crippen molar-refractivity contribution < 1.29 is 14.6 Å². The highest BCUT2D eigenvalue weighted by molar-refractivity contribution is 5.74. The van der Waals surface area contributed by atoms with Crippen molar-refractivity contribution >= 4 is 5.97 Å². The standard InChI is InChI=1S/C14H21NO3/c1-9(2)10-4-11(7-15)13(3)6-12(17)18-14(13,5-10)8-16/h9-11,16H,4-6,8H2,1-3H3/t10-,11+,13+,14+/m1/s1. The first-order chi connectivity index (χ1) is 8.38. The first-order valence-electron chi connectivity index (χ1n) is 6.61. The van der Waals surface area contributed by atoms with Gasteiger partial charge in [-0.2, -0.15) is 5.26 Å². The highest BCUT2D eigenvalue weighted by Crippen LogP contribution is 2.58. The minimum Gasteiger partial charge on any atom is -0.456 e. The second-order valence-electron chi connectivity index (χ2n) is 6.35. The van der Waals surface area contributed by atoms with E-state index in [4.69, 9.17) is 4.74 Å². The van der Waals surface area contributed by atoms with Crippen LogP contribution < -0.4 is 0 Å². The molecule has 2 aliphatic rings. The fourth-order valence-electron chi connectivity index (χ4n) is 3.60. The van der Waals surface area contributed by atoms with Crippen molar-refractivity contribution in [1.82, 2.24) is 0 Å². The lowest BCUT2D eigenvalue weighted by Crippen LogP contribution is -2.55. The van der Waals surface area contributed by atoms with Crippen LogP contribution in [-0.4, -0.2) is 23.3 Å². The lowest BCUT2D eigenvalue weighted by Gasteiger charge is -2.50. The molecule has 0 amide bonds. The second kappa shape index (κ2) is 4.24. The molecular weight excluding hydrogens is 230 g/mol. The van der Waals surface area contributed by atoms with E-state index in [1.807, 2.05) is 6.92 Å². The van der Waals surface area contributed by atoms with Crippen LogP contribution in [0.5, 0.6) is 0 Å². The Morgan fingerprint density at radius 2 is 2.28 bits per heavy atom. The fourth-order valence-corrected chi connectivity index (χ4v) is 3.60. The van der Waals surface area contributed by atoms with Gasteiger partial charge < -0.3 is 9.84 Å². The Hall–Kier alpha value is -1.08. The minimum atomic E-state index is -0.850. The van der Waals surface area contributed by atoms with Gasteiger partial charge in [-0.15, -0.1) is 0 Å². The molecule has 1 heterocycles. The summed E-state index contributed by atoms with van der Waals surface area (Å²) in [5.74, 6) is 0.238. The molecule has 1 saturated heterocycles. The first-order valence-corrected chi connectivity index (χ1v) is 6.61. The van der Waals surface area contributed by atoms with Crippen LogP contribution in [0, 0.1) is 34.5 Å². The average molecular weight is 251 g/mol. The van der Waals surface area contributed by atoms with Gasteiger partial charge >= 0.3 is 5.97 Å². The van der Waals surface area contributed by atoms with E-state index in [2.05, 4.69) is 19.9 Å². The molecule has 1 N–H and O–H groups in total. The van der Waals surface area contributed by atoms with Gasteiger partial charge in [-0.05, 0) is 24.7 Å². The molecular formula is C14H21NO3. The molecule has 18 heavy (non-hydrogen) atoms. The summed E-state index contributed by atoms with van der Waals surface area (Å²) in [6, 6.07) is 2.34. The molecule has 0 aromatic heterocycles. The van der Waals surface area contributed by atoms with E-state index >= 15 is 0 Å². The number of hydrogen-bond donors (Lipinski definition) is 1. The highest BCUT2D eigenvalue weighted by Gasteiger charge is 2.64. The maximum absolute atomic E-state index is 11.7. The van der Waals surface area contributed by atoms with Crippen LogP contribution in [0.4, 0.5) is 0 Å². The van der Waals surface area contributed by atoms with Gasteiger partial charge in [0.15, 0.2) is 0 Å². The predicted molar refractivity (Wildman–Crippen MR) is 65.3 cm³/mol. The lowest BCUT2D eigenvalue weighted by atomic mass is 9.55. The zero-order valence-electron chi connectivity index (χ0n) is 11.3. The van der Waals surface area contributed by atoms with Crippen molar-refractivity contribution in [2.45, 2.75) is 45.6 Å². The Kier molecular flexibility index (Phi) is 3.14. The lowest BCUT2D eigenvalue weighted by molar-refractivity contribution is -0.170. The van der Waals surface area contributed by atoms with E-state index in [-0.39, 0.29) is 24.9 Å². The Labute approximate surface area is 108 Å². The normalized spacial score (nSPS) is 43.4. The third-order valence-corrected chi connectivity index (χ3v) is 5.12. The molecule has 4 nitrogen and oxygen atoms in total. The maximum atomic E-state index is 11.7. The van der Waals surface area contributed by atoms with Crippen LogP contribution in [0.15, 0.2) is 0 Å². The topological polar surface area (TPSA) is 70.3 Å². The number of fused-ring (bicyclic) bond motifs is 1. The van der Waals surface area contributed by atoms with Crippen LogP contribution in [0.2, 0.25) is 0 Å². The quantitative estimate of drug-likeness (QED) is 0.761. The van der Waals surface area contributed by atoms with Crippen molar-refractivity contribution in [3.05, 3.63) is 0 Å². The number of aliphatic hydroxyl groups excluding tert-OH is 1. The molecule has 0 radical (unpaired) electrons. The van der Waals surface area contributed by atoms with Crippen molar-refractivity contribution in [3.63, 3.8) is 0 Å². The van der Waals surface area contributed by atoms with Crippen LogP contribution in [-0.2, 0) is 9.53 Å². The van der Waals surface area contributed by atoms with Crippen molar-refractivity contribution in [2.75, 3.05) is 6.61 Å². The maximum Gasteiger partial charge on any atom is 0.307 e. The number of carbonyl (C=O) groups is 1. The first kappa shape index (κ1) is 13.4. The van der Waals surface area contributed by atoms with Gasteiger partial charge in [0, 0.05) is 5.41 Å². The summed E-state index contributed by atoms with van der Waals surface area (Å²) in [4.78, 5) is 11.7. The van der Waals surface area contributed by atoms with Crippen LogP contribution in [0.25, 0.3) is 0 Å². The third-order valence-electron chi connectivity index (χ3n) is 5.12. The van der Waals surface area contributed by atoms with Gasteiger partial charge in [0.2, 0.25) is 0 Å². The van der Waals surface area contributed by atoms with Crippen molar-refractivity contribution in [2.24, 2.45) is 23.2 Å². The van der Waals surface area contributed by atoms with Crippen molar-refractivity contribution in [3.8, 4) is 6.07 Å². The van der Waals surface area contributed by atoms with E-state index in [0.717, 1.165) is 6.42 Å². The summed E-state index contributed by atoms with van der Waals surface area (Å²) < 4.78 is 5.48. The van der Waals surface area contributed by atoms with Crippen molar-refractivity contribution in [1.29, 1.82) is 5.26 Å². The smallest absolute Gasteiger partial charge is 0.307 e. The molecule has 4 atom stereocenters. The zero-order valence-corrected chi connectivity index (χ0v) is 11.3. The summed E-state index contributed by atoms with van der Waals surface area (Å²) >= 11 is 0. The number of carbonyl (C=O) groups excluding carboxylic acids is 1. The van der Waals surface area contributed by atoms with Gasteiger partial charge in [0.25, 0.3) is 0 Å². The summed E-state index contributed by atoms with van der Waals surface area (Å²) in [6.45, 7) is 5.96. The monoisotopic (exact) mass is 251 g/mol. The fraction of sp³-hybridized carbons (Fsp3) is 0.857. The second-order valence-corrected chi connectivity index (χ2v) is 6.35. The van der Waals surface area contributed by atoms with Gasteiger partial charge in [0.05, 0.1) is 25.0 Å². The molecule has 0 spiro atoms. The molecule has 2 fully saturated rings. The molecule has 1 aliphatic heterocycles. The molecule has 2 rings (SSSR count). The Morgan fingerprint density at radius 1 is 1.61 bits per heavy atom. The van der Waals surface area contributed by atoms with E-state index in [1.165, 1.54) is 0 Å². The largest absolute Gasteiger partial charge is 0.456 e. The average Bonchev–Trinajstić information content (AvgIpc) is 2.58. The molecule has 1 saturated carbocycles. The molecule has 100 valence electrons. The summed E-state index contributed by atoms with van der Waals surface area (Å²) in [7, 11) is 0. The van der Waals surface area contributed by atoms with E-state index < -0.39 is 11.0 Å². The zero-order chi connectivity index (χ0) is 13.6. The third kappa shape index (κ3) is 1.65. The number of rotatable bonds is 2. The van der Waals surface area contributed by atoms with Gasteiger partial charge in [-0.25, -0.2) is 0 Å². The number of esters is 1. The van der Waals surface area contributed by atoms with Gasteiger partial charge in [-0.1, -0.05) is 20.8 Å². The number of aliphatic hydroxyl groups is 1. The minimum absolute atomic E-state index is 0.184. The van der Waals surface area contributed by atoms with E-state index in [9.17, 15) is 15.2 Å². The Morgan fingerprint density at radius 3 is 2.78 bits per heavy atom. The summed E-state index contributed by atoms with van der Waals surface area (Å²) in [6.07, 6.45) is 1.71.